The van der Waals surface area contributed by atoms with Crippen molar-refractivity contribution in [2.75, 3.05) is 12.8 Å². The van der Waals surface area contributed by atoms with Crippen molar-refractivity contribution < 1.29 is 4.74 Å². The molecule has 2 aromatic rings. The number of fused-ring (bicyclic) bond motifs is 1. The van der Waals surface area contributed by atoms with E-state index in [1.807, 2.05) is 18.2 Å². The number of pyridine rings is 1. The van der Waals surface area contributed by atoms with Crippen LogP contribution < -0.4 is 10.5 Å². The topological polar surface area (TPSA) is 48.1 Å². The molecule has 1 aliphatic carbocycles. The van der Waals surface area contributed by atoms with Gasteiger partial charge in [0.1, 0.15) is 5.75 Å². The molecule has 0 amide bonds. The Morgan fingerprint density at radius 2 is 2.12 bits per heavy atom. The van der Waals surface area contributed by atoms with Gasteiger partial charge in [0.05, 0.1) is 17.6 Å². The molecule has 4 heteroatoms. The van der Waals surface area contributed by atoms with Crippen molar-refractivity contribution in [2.45, 2.75) is 18.8 Å². The number of hydrogen-bond donors (Lipinski definition) is 1. The number of methoxy groups -OCH3 is 1. The molecule has 0 aliphatic heterocycles. The molecule has 1 aromatic heterocycles. The first kappa shape index (κ1) is 10.7. The maximum Gasteiger partial charge on any atom is 0.138 e. The van der Waals surface area contributed by atoms with E-state index in [4.69, 9.17) is 22.1 Å². The number of rotatable bonds is 2. The van der Waals surface area contributed by atoms with E-state index in [0.717, 1.165) is 22.3 Å². The first-order valence-corrected chi connectivity index (χ1v) is 6.00. The highest BCUT2D eigenvalue weighted by Crippen LogP contribution is 2.41. The lowest BCUT2D eigenvalue weighted by molar-refractivity contribution is 0.415. The van der Waals surface area contributed by atoms with Crippen LogP contribution in [0.4, 0.5) is 5.69 Å². The fourth-order valence-electron chi connectivity index (χ4n) is 2.02. The summed E-state index contributed by atoms with van der Waals surface area (Å²) in [6, 6.07) is 5.63. The van der Waals surface area contributed by atoms with Crippen molar-refractivity contribution in [1.82, 2.24) is 4.98 Å². The second-order valence-electron chi connectivity index (χ2n) is 4.41. The molecular weight excluding hydrogens is 236 g/mol. The van der Waals surface area contributed by atoms with Crippen LogP contribution in [0.5, 0.6) is 5.75 Å². The fourth-order valence-corrected chi connectivity index (χ4v) is 2.25. The normalized spacial score (nSPS) is 15.2. The van der Waals surface area contributed by atoms with Crippen LogP contribution in [0.1, 0.15) is 24.5 Å². The molecule has 1 aliphatic rings. The minimum absolute atomic E-state index is 0.569. The van der Waals surface area contributed by atoms with Crippen molar-refractivity contribution in [1.29, 1.82) is 0 Å². The highest BCUT2D eigenvalue weighted by molar-refractivity contribution is 6.32. The molecule has 88 valence electrons. The number of nitrogens with two attached hydrogens (primary N) is 1. The van der Waals surface area contributed by atoms with Crippen LogP contribution in [0.15, 0.2) is 18.2 Å². The van der Waals surface area contributed by atoms with E-state index < -0.39 is 0 Å². The van der Waals surface area contributed by atoms with Gasteiger partial charge >= 0.3 is 0 Å². The first-order valence-electron chi connectivity index (χ1n) is 5.62. The van der Waals surface area contributed by atoms with Gasteiger partial charge in [-0.25, -0.2) is 0 Å². The molecule has 0 spiro atoms. The van der Waals surface area contributed by atoms with Crippen LogP contribution in [-0.4, -0.2) is 12.1 Å². The number of nitrogens with zero attached hydrogens (tertiary/aromatic N) is 1. The number of halogens is 1. The molecule has 1 aromatic carbocycles. The Hall–Kier alpha value is -1.48. The zero-order chi connectivity index (χ0) is 12.0. The van der Waals surface area contributed by atoms with Crippen LogP contribution in [0.3, 0.4) is 0 Å². The summed E-state index contributed by atoms with van der Waals surface area (Å²) in [5, 5.41) is 1.47. The maximum atomic E-state index is 6.10. The maximum absolute atomic E-state index is 6.10. The minimum Gasteiger partial charge on any atom is -0.495 e. The average Bonchev–Trinajstić information content (AvgIpc) is 3.11. The molecule has 3 rings (SSSR count). The molecule has 2 N–H and O–H groups in total. The van der Waals surface area contributed by atoms with Crippen LogP contribution in [-0.2, 0) is 0 Å². The molecule has 0 radical (unpaired) electrons. The van der Waals surface area contributed by atoms with E-state index >= 15 is 0 Å². The molecular formula is C13H13ClN2O. The molecule has 1 heterocycles. The number of hydrogen-bond acceptors (Lipinski definition) is 3. The van der Waals surface area contributed by atoms with Crippen LogP contribution in [0.2, 0.25) is 5.02 Å². The van der Waals surface area contributed by atoms with Gasteiger partial charge in [0.25, 0.3) is 0 Å². The van der Waals surface area contributed by atoms with Crippen LogP contribution >= 0.6 is 11.6 Å². The molecule has 1 fully saturated rings. The van der Waals surface area contributed by atoms with Gasteiger partial charge in [0, 0.05) is 22.7 Å². The zero-order valence-electron chi connectivity index (χ0n) is 9.53. The SMILES string of the molecule is COc1cc2c(N)cc(C3CC3)nc2cc1Cl. The van der Waals surface area contributed by atoms with Crippen LogP contribution in [0, 0.1) is 0 Å². The van der Waals surface area contributed by atoms with Gasteiger partial charge < -0.3 is 10.5 Å². The van der Waals surface area contributed by atoms with Gasteiger partial charge in [-0.2, -0.15) is 0 Å². The lowest BCUT2D eigenvalue weighted by Gasteiger charge is -2.09. The summed E-state index contributed by atoms with van der Waals surface area (Å²) < 4.78 is 5.18. The van der Waals surface area contributed by atoms with Crippen molar-refractivity contribution in [2.24, 2.45) is 0 Å². The second-order valence-corrected chi connectivity index (χ2v) is 4.82. The summed E-state index contributed by atoms with van der Waals surface area (Å²) in [6.07, 6.45) is 2.42. The predicted octanol–water partition coefficient (Wildman–Crippen LogP) is 3.36. The standard InChI is InChI=1S/C13H13ClN2O/c1-17-13-4-8-10(15)6-11(7-2-3-7)16-12(8)5-9(13)14/h4-7H,2-3H2,1H3,(H2,15,16). The Bertz CT molecular complexity index is 593. The van der Waals surface area contributed by atoms with Crippen LogP contribution in [0.25, 0.3) is 10.9 Å². The molecule has 0 atom stereocenters. The number of nitrogen functional groups attached to an aromatic ring is 1. The summed E-state index contributed by atoms with van der Waals surface area (Å²) in [6.45, 7) is 0. The first-order chi connectivity index (χ1) is 8.19. The molecule has 1 saturated carbocycles. The van der Waals surface area contributed by atoms with Crippen molar-refractivity contribution in [3.8, 4) is 5.75 Å². The average molecular weight is 249 g/mol. The van der Waals surface area contributed by atoms with Gasteiger partial charge in [-0.05, 0) is 31.0 Å². The van der Waals surface area contributed by atoms with Gasteiger partial charge in [0.2, 0.25) is 0 Å². The third-order valence-corrected chi connectivity index (χ3v) is 3.43. The highest BCUT2D eigenvalue weighted by atomic mass is 35.5. The summed E-state index contributed by atoms with van der Waals surface area (Å²) >= 11 is 6.10. The van der Waals surface area contributed by atoms with E-state index in [-0.39, 0.29) is 0 Å². The number of aromatic nitrogens is 1. The monoisotopic (exact) mass is 248 g/mol. The smallest absolute Gasteiger partial charge is 0.138 e. The third-order valence-electron chi connectivity index (χ3n) is 3.13. The van der Waals surface area contributed by atoms with Gasteiger partial charge in [-0.3, -0.25) is 4.98 Å². The zero-order valence-corrected chi connectivity index (χ0v) is 10.3. The van der Waals surface area contributed by atoms with Gasteiger partial charge in [-0.15, -0.1) is 0 Å². The van der Waals surface area contributed by atoms with Gasteiger partial charge in [-0.1, -0.05) is 11.6 Å². The molecule has 0 bridgehead atoms. The molecule has 0 unspecified atom stereocenters. The lowest BCUT2D eigenvalue weighted by atomic mass is 10.1. The van der Waals surface area contributed by atoms with Crippen molar-refractivity contribution in [3.05, 3.63) is 28.9 Å². The van der Waals surface area contributed by atoms with E-state index in [1.54, 1.807) is 7.11 Å². The van der Waals surface area contributed by atoms with Gasteiger partial charge in [0.15, 0.2) is 0 Å². The fraction of sp³-hybridized carbons (Fsp3) is 0.308. The molecule has 17 heavy (non-hydrogen) atoms. The minimum atomic E-state index is 0.569. The quantitative estimate of drug-likeness (QED) is 0.887. The predicted molar refractivity (Wildman–Crippen MR) is 69.7 cm³/mol. The number of benzene rings is 1. The summed E-state index contributed by atoms with van der Waals surface area (Å²) in [5.41, 5.74) is 8.73. The third kappa shape index (κ3) is 1.80. The van der Waals surface area contributed by atoms with Crippen molar-refractivity contribution >= 4 is 28.2 Å². The summed E-state index contributed by atoms with van der Waals surface area (Å²) in [5.74, 6) is 1.22. The summed E-state index contributed by atoms with van der Waals surface area (Å²) in [4.78, 5) is 4.61. The van der Waals surface area contributed by atoms with E-state index in [0.29, 0.717) is 16.7 Å². The van der Waals surface area contributed by atoms with Crippen molar-refractivity contribution in [3.63, 3.8) is 0 Å². The Morgan fingerprint density at radius 3 is 2.76 bits per heavy atom. The highest BCUT2D eigenvalue weighted by Gasteiger charge is 2.25. The molecule has 3 nitrogen and oxygen atoms in total. The van der Waals surface area contributed by atoms with E-state index in [9.17, 15) is 0 Å². The lowest BCUT2D eigenvalue weighted by Crippen LogP contribution is -1.95. The molecule has 0 saturated heterocycles. The Balaban J connectivity index is 2.24. The van der Waals surface area contributed by atoms with E-state index in [1.165, 1.54) is 12.8 Å². The largest absolute Gasteiger partial charge is 0.495 e. The Labute approximate surface area is 105 Å². The Kier molecular flexibility index (Phi) is 2.37. The number of ether oxygens (including phenoxy) is 1. The Morgan fingerprint density at radius 1 is 1.35 bits per heavy atom. The second kappa shape index (κ2) is 3.77. The summed E-state index contributed by atoms with van der Waals surface area (Å²) in [7, 11) is 1.59. The number of anilines is 1. The van der Waals surface area contributed by atoms with E-state index in [2.05, 4.69) is 4.98 Å².